The van der Waals surface area contributed by atoms with Gasteiger partial charge in [-0.05, 0) is 27.7 Å². The maximum atomic E-state index is 10.9. The number of esters is 1. The molecule has 0 saturated heterocycles. The van der Waals surface area contributed by atoms with E-state index in [0.717, 1.165) is 0 Å². The van der Waals surface area contributed by atoms with Crippen LogP contribution in [0.5, 0.6) is 0 Å². The minimum Gasteiger partial charge on any atom is -0.458 e. The number of rotatable bonds is 2. The van der Waals surface area contributed by atoms with Crippen molar-refractivity contribution in [1.82, 2.24) is 5.90 Å². The molecule has 0 amide bonds. The largest absolute Gasteiger partial charge is 0.458 e. The van der Waals surface area contributed by atoms with Gasteiger partial charge in [-0.25, -0.2) is 9.63 Å². The molecule has 0 aromatic carbocycles. The quantitative estimate of drug-likeness (QED) is 0.440. The van der Waals surface area contributed by atoms with Gasteiger partial charge in [0.1, 0.15) is 5.60 Å². The summed E-state index contributed by atoms with van der Waals surface area (Å²) in [5, 5.41) is 0. The summed E-state index contributed by atoms with van der Waals surface area (Å²) < 4.78 is 4.87. The fraction of sp³-hybridized carbons (Fsp3) is 0.857. The molecular formula is C7H13NO3. The highest BCUT2D eigenvalue weighted by molar-refractivity contribution is 5.74. The molecule has 0 spiro atoms. The highest BCUT2D eigenvalue weighted by Gasteiger charge is 2.21. The summed E-state index contributed by atoms with van der Waals surface area (Å²) in [6.07, 6.45) is -0.922. The molecule has 2 radical (unpaired) electrons. The van der Waals surface area contributed by atoms with E-state index in [9.17, 15) is 4.79 Å². The van der Waals surface area contributed by atoms with E-state index >= 15 is 0 Å². The highest BCUT2D eigenvalue weighted by atomic mass is 16.7. The zero-order chi connectivity index (χ0) is 9.07. The van der Waals surface area contributed by atoms with Crippen LogP contribution in [0.3, 0.4) is 0 Å². The number of hydrogen-bond acceptors (Lipinski definition) is 3. The van der Waals surface area contributed by atoms with Gasteiger partial charge >= 0.3 is 5.97 Å². The van der Waals surface area contributed by atoms with Gasteiger partial charge in [0.2, 0.25) is 0 Å². The third-order valence-corrected chi connectivity index (χ3v) is 0.897. The second-order valence-electron chi connectivity index (χ2n) is 3.28. The van der Waals surface area contributed by atoms with Crippen molar-refractivity contribution in [2.45, 2.75) is 39.4 Å². The van der Waals surface area contributed by atoms with Crippen LogP contribution in [0.2, 0.25) is 0 Å². The van der Waals surface area contributed by atoms with Gasteiger partial charge in [-0.2, -0.15) is 0 Å². The molecule has 0 fully saturated rings. The van der Waals surface area contributed by atoms with Crippen molar-refractivity contribution >= 4 is 5.97 Å². The molecule has 11 heavy (non-hydrogen) atoms. The van der Waals surface area contributed by atoms with Gasteiger partial charge in [0.25, 0.3) is 0 Å². The van der Waals surface area contributed by atoms with Crippen LogP contribution in [0.25, 0.3) is 0 Å². The van der Waals surface area contributed by atoms with Gasteiger partial charge in [-0.15, -0.1) is 0 Å². The smallest absolute Gasteiger partial charge is 0.337 e. The fourth-order valence-electron chi connectivity index (χ4n) is 0.428. The number of hydrogen-bond donors (Lipinski definition) is 0. The number of carbonyl (C=O) groups is 1. The summed E-state index contributed by atoms with van der Waals surface area (Å²) in [7, 11) is 0. The Morgan fingerprint density at radius 2 is 1.91 bits per heavy atom. The summed E-state index contributed by atoms with van der Waals surface area (Å²) >= 11 is 0. The Bertz CT molecular complexity index is 139. The lowest BCUT2D eigenvalue weighted by Gasteiger charge is -2.20. The van der Waals surface area contributed by atoms with Crippen LogP contribution in [0.15, 0.2) is 0 Å². The average Bonchev–Trinajstić information content (AvgIpc) is 1.82. The second-order valence-corrected chi connectivity index (χ2v) is 3.28. The molecule has 0 heterocycles. The molecule has 0 bridgehead atoms. The van der Waals surface area contributed by atoms with Crippen LogP contribution >= 0.6 is 0 Å². The van der Waals surface area contributed by atoms with Gasteiger partial charge in [-0.1, -0.05) is 0 Å². The van der Waals surface area contributed by atoms with E-state index < -0.39 is 17.7 Å². The predicted molar refractivity (Wildman–Crippen MR) is 38.5 cm³/mol. The standard InChI is InChI=1S/C7H13NO3/c1-5(11-8)6(9)10-7(2,3)4/h5H,1-4H3. The van der Waals surface area contributed by atoms with Crippen LogP contribution < -0.4 is 5.90 Å². The molecule has 1 unspecified atom stereocenters. The van der Waals surface area contributed by atoms with E-state index in [-0.39, 0.29) is 0 Å². The summed E-state index contributed by atoms with van der Waals surface area (Å²) in [4.78, 5) is 14.7. The van der Waals surface area contributed by atoms with E-state index in [0.29, 0.717) is 0 Å². The summed E-state index contributed by atoms with van der Waals surface area (Å²) in [6, 6.07) is 0. The molecule has 4 nitrogen and oxygen atoms in total. The molecular weight excluding hydrogens is 146 g/mol. The van der Waals surface area contributed by atoms with E-state index in [1.807, 2.05) is 0 Å². The predicted octanol–water partition coefficient (Wildman–Crippen LogP) is 0.717. The first-order valence-electron chi connectivity index (χ1n) is 3.40. The van der Waals surface area contributed by atoms with Crippen molar-refractivity contribution in [1.29, 1.82) is 0 Å². The van der Waals surface area contributed by atoms with Crippen molar-refractivity contribution in [3.8, 4) is 0 Å². The fourth-order valence-corrected chi connectivity index (χ4v) is 0.428. The zero-order valence-corrected chi connectivity index (χ0v) is 7.25. The lowest BCUT2D eigenvalue weighted by Crippen LogP contribution is -2.31. The molecule has 64 valence electrons. The van der Waals surface area contributed by atoms with E-state index in [2.05, 4.69) is 4.84 Å². The van der Waals surface area contributed by atoms with E-state index in [4.69, 9.17) is 10.6 Å². The summed E-state index contributed by atoms with van der Waals surface area (Å²) in [5.41, 5.74) is -0.538. The van der Waals surface area contributed by atoms with Gasteiger partial charge in [0.15, 0.2) is 6.10 Å². The molecule has 4 heteroatoms. The van der Waals surface area contributed by atoms with Crippen LogP contribution in [0, 0.1) is 0 Å². The first-order valence-corrected chi connectivity index (χ1v) is 3.40. The zero-order valence-electron chi connectivity index (χ0n) is 7.25. The Labute approximate surface area is 66.6 Å². The van der Waals surface area contributed by atoms with Crippen LogP contribution in [-0.2, 0) is 14.4 Å². The second kappa shape index (κ2) is 3.69. The number of nitrogens with zero attached hydrogens (tertiary/aromatic N) is 1. The highest BCUT2D eigenvalue weighted by Crippen LogP contribution is 2.08. The van der Waals surface area contributed by atoms with Crippen molar-refractivity contribution in [2.75, 3.05) is 0 Å². The Morgan fingerprint density at radius 3 is 2.18 bits per heavy atom. The minimum atomic E-state index is -0.922. The van der Waals surface area contributed by atoms with Crippen molar-refractivity contribution in [3.63, 3.8) is 0 Å². The molecule has 0 saturated carbocycles. The molecule has 0 aliphatic carbocycles. The molecule has 1 atom stereocenters. The van der Waals surface area contributed by atoms with Gasteiger partial charge in [0, 0.05) is 5.90 Å². The van der Waals surface area contributed by atoms with Crippen LogP contribution in [0.1, 0.15) is 27.7 Å². The van der Waals surface area contributed by atoms with E-state index in [1.54, 1.807) is 20.8 Å². The first-order chi connectivity index (χ1) is 4.87. The van der Waals surface area contributed by atoms with Crippen molar-refractivity contribution < 1.29 is 14.4 Å². The third kappa shape index (κ3) is 4.75. The lowest BCUT2D eigenvalue weighted by molar-refractivity contribution is -0.168. The average molecular weight is 159 g/mol. The molecule has 0 N–H and O–H groups in total. The Balaban J connectivity index is 3.88. The lowest BCUT2D eigenvalue weighted by atomic mass is 10.2. The number of carbonyl (C=O) groups excluding carboxylic acids is 1. The van der Waals surface area contributed by atoms with Gasteiger partial charge in [0.05, 0.1) is 0 Å². The minimum absolute atomic E-state index is 0.538. The van der Waals surface area contributed by atoms with Gasteiger partial charge in [-0.3, -0.25) is 0 Å². The van der Waals surface area contributed by atoms with Crippen molar-refractivity contribution in [2.24, 2.45) is 0 Å². The maximum absolute atomic E-state index is 10.9. The first kappa shape index (κ1) is 10.4. The molecule has 0 aliphatic rings. The van der Waals surface area contributed by atoms with Gasteiger partial charge < -0.3 is 4.74 Å². The Kier molecular flexibility index (Phi) is 3.48. The molecule has 0 aliphatic heterocycles. The summed E-state index contributed by atoms with van der Waals surface area (Å²) in [5.74, 6) is 7.53. The molecule has 0 rings (SSSR count). The van der Waals surface area contributed by atoms with Crippen LogP contribution in [-0.4, -0.2) is 17.7 Å². The Morgan fingerprint density at radius 1 is 1.45 bits per heavy atom. The number of ether oxygens (including phenoxy) is 1. The third-order valence-electron chi connectivity index (χ3n) is 0.897. The summed E-state index contributed by atoms with van der Waals surface area (Å²) in [6.45, 7) is 6.65. The Hall–Kier alpha value is -0.610. The topological polar surface area (TPSA) is 57.8 Å². The van der Waals surface area contributed by atoms with Crippen molar-refractivity contribution in [3.05, 3.63) is 0 Å². The monoisotopic (exact) mass is 159 g/mol. The SMILES string of the molecule is CC(O[N])C(=O)OC(C)(C)C. The van der Waals surface area contributed by atoms with E-state index in [1.165, 1.54) is 6.92 Å². The normalized spacial score (nSPS) is 14.3. The molecule has 0 aromatic rings. The van der Waals surface area contributed by atoms with Crippen LogP contribution in [0.4, 0.5) is 0 Å². The molecule has 0 aromatic heterocycles. The maximum Gasteiger partial charge on any atom is 0.337 e.